The van der Waals surface area contributed by atoms with Crippen molar-refractivity contribution in [3.05, 3.63) is 83.2 Å². The normalized spacial score (nSPS) is 11.4. The van der Waals surface area contributed by atoms with Crippen LogP contribution in [0.15, 0.2) is 60.7 Å². The molecule has 1 aromatic heterocycles. The Hall–Kier alpha value is -3.94. The summed E-state index contributed by atoms with van der Waals surface area (Å²) in [5.41, 5.74) is 7.15. The van der Waals surface area contributed by atoms with Crippen LogP contribution in [0.5, 0.6) is 0 Å². The molecule has 0 aliphatic heterocycles. The van der Waals surface area contributed by atoms with Crippen LogP contribution in [0.4, 0.5) is 0 Å². The Morgan fingerprint density at radius 3 is 2.17 bits per heavy atom. The van der Waals surface area contributed by atoms with Crippen molar-refractivity contribution < 1.29 is 19.1 Å². The maximum Gasteiger partial charge on any atom is 0.342 e. The smallest absolute Gasteiger partial charge is 0.342 e. The molecule has 0 saturated heterocycles. The van der Waals surface area contributed by atoms with Crippen LogP contribution in [0.3, 0.4) is 0 Å². The van der Waals surface area contributed by atoms with Gasteiger partial charge in [-0.05, 0) is 45.0 Å². The highest BCUT2D eigenvalue weighted by molar-refractivity contribution is 5.97. The van der Waals surface area contributed by atoms with E-state index >= 15 is 0 Å². The van der Waals surface area contributed by atoms with Crippen LogP contribution in [0, 0.1) is 13.8 Å². The molecule has 2 amide bonds. The largest absolute Gasteiger partial charge is 0.449 e. The van der Waals surface area contributed by atoms with E-state index in [4.69, 9.17) is 4.74 Å². The van der Waals surface area contributed by atoms with E-state index in [0.29, 0.717) is 22.5 Å². The summed E-state index contributed by atoms with van der Waals surface area (Å²) >= 11 is 0. The number of esters is 1. The summed E-state index contributed by atoms with van der Waals surface area (Å²) in [5.74, 6) is -1.79. The van der Waals surface area contributed by atoms with Gasteiger partial charge in [0.1, 0.15) is 5.56 Å². The standard InChI is InChI=1S/C22H22N4O4/c1-14-19(15(2)26(25-14)18-12-8-5-9-13-18)22(29)30-16(3)20(27)23-24-21(28)17-10-6-4-7-11-17/h4-13,16H,1-3H3,(H,23,27)(H,24,28)/t16-/m0/s1. The second kappa shape index (κ2) is 9.04. The first-order chi connectivity index (χ1) is 14.4. The Balaban J connectivity index is 1.63. The summed E-state index contributed by atoms with van der Waals surface area (Å²) in [6, 6.07) is 17.8. The van der Waals surface area contributed by atoms with Gasteiger partial charge in [0.15, 0.2) is 6.10 Å². The second-order valence-corrected chi connectivity index (χ2v) is 6.65. The van der Waals surface area contributed by atoms with Gasteiger partial charge >= 0.3 is 5.97 Å². The highest BCUT2D eigenvalue weighted by Gasteiger charge is 2.25. The van der Waals surface area contributed by atoms with E-state index in [1.165, 1.54) is 6.92 Å². The molecule has 0 aliphatic carbocycles. The maximum absolute atomic E-state index is 12.7. The number of aromatic nitrogens is 2. The molecule has 8 nitrogen and oxygen atoms in total. The Kier molecular flexibility index (Phi) is 6.26. The molecule has 0 unspecified atom stereocenters. The van der Waals surface area contributed by atoms with Crippen molar-refractivity contribution in [3.8, 4) is 5.69 Å². The van der Waals surface area contributed by atoms with Gasteiger partial charge in [-0.1, -0.05) is 36.4 Å². The van der Waals surface area contributed by atoms with Gasteiger partial charge in [-0.15, -0.1) is 0 Å². The van der Waals surface area contributed by atoms with Crippen molar-refractivity contribution >= 4 is 17.8 Å². The van der Waals surface area contributed by atoms with E-state index < -0.39 is 23.9 Å². The van der Waals surface area contributed by atoms with Crippen LogP contribution in [-0.4, -0.2) is 33.7 Å². The van der Waals surface area contributed by atoms with Crippen molar-refractivity contribution in [1.29, 1.82) is 0 Å². The van der Waals surface area contributed by atoms with E-state index in [1.807, 2.05) is 30.3 Å². The highest BCUT2D eigenvalue weighted by atomic mass is 16.5. The topological polar surface area (TPSA) is 102 Å². The van der Waals surface area contributed by atoms with Gasteiger partial charge in [0.2, 0.25) is 0 Å². The first-order valence-electron chi connectivity index (χ1n) is 9.36. The minimum Gasteiger partial charge on any atom is -0.449 e. The third kappa shape index (κ3) is 4.54. The van der Waals surface area contributed by atoms with Crippen molar-refractivity contribution in [2.45, 2.75) is 26.9 Å². The van der Waals surface area contributed by atoms with Gasteiger partial charge in [0, 0.05) is 5.56 Å². The van der Waals surface area contributed by atoms with E-state index in [1.54, 1.807) is 48.9 Å². The zero-order valence-electron chi connectivity index (χ0n) is 16.9. The third-order valence-corrected chi connectivity index (χ3v) is 4.48. The quantitative estimate of drug-likeness (QED) is 0.501. The summed E-state index contributed by atoms with van der Waals surface area (Å²) < 4.78 is 6.94. The number of carbonyl (C=O) groups excluding carboxylic acids is 3. The first-order valence-corrected chi connectivity index (χ1v) is 9.36. The number of nitrogens with one attached hydrogen (secondary N) is 2. The number of carbonyl (C=O) groups is 3. The zero-order chi connectivity index (χ0) is 21.7. The van der Waals surface area contributed by atoms with Crippen molar-refractivity contribution in [3.63, 3.8) is 0 Å². The van der Waals surface area contributed by atoms with Gasteiger partial charge in [-0.25, -0.2) is 9.48 Å². The molecule has 0 aliphatic rings. The van der Waals surface area contributed by atoms with Crippen LogP contribution in [0.2, 0.25) is 0 Å². The first kappa shape index (κ1) is 20.8. The number of ether oxygens (including phenoxy) is 1. The number of hydrogen-bond donors (Lipinski definition) is 2. The van der Waals surface area contributed by atoms with E-state index in [9.17, 15) is 14.4 Å². The Labute approximate surface area is 173 Å². The molecule has 2 aromatic carbocycles. The Bertz CT molecular complexity index is 1060. The van der Waals surface area contributed by atoms with Crippen LogP contribution >= 0.6 is 0 Å². The summed E-state index contributed by atoms with van der Waals surface area (Å²) in [4.78, 5) is 36.9. The van der Waals surface area contributed by atoms with Gasteiger partial charge < -0.3 is 4.74 Å². The molecule has 0 fully saturated rings. The monoisotopic (exact) mass is 406 g/mol. The Morgan fingerprint density at radius 1 is 0.933 bits per heavy atom. The van der Waals surface area contributed by atoms with Gasteiger partial charge in [-0.2, -0.15) is 5.10 Å². The highest BCUT2D eigenvalue weighted by Crippen LogP contribution is 2.19. The van der Waals surface area contributed by atoms with E-state index in [-0.39, 0.29) is 0 Å². The number of benzene rings is 2. The third-order valence-electron chi connectivity index (χ3n) is 4.48. The lowest BCUT2D eigenvalue weighted by Crippen LogP contribution is -2.46. The molecule has 2 N–H and O–H groups in total. The summed E-state index contributed by atoms with van der Waals surface area (Å²) in [6.07, 6.45) is -1.12. The lowest BCUT2D eigenvalue weighted by molar-refractivity contribution is -0.129. The predicted octanol–water partition coefficient (Wildman–Crippen LogP) is 2.50. The lowest BCUT2D eigenvalue weighted by atomic mass is 10.2. The van der Waals surface area contributed by atoms with Crippen molar-refractivity contribution in [2.75, 3.05) is 0 Å². The molecule has 30 heavy (non-hydrogen) atoms. The van der Waals surface area contributed by atoms with Crippen LogP contribution in [0.25, 0.3) is 5.69 Å². The fourth-order valence-corrected chi connectivity index (χ4v) is 2.91. The molecule has 0 bridgehead atoms. The zero-order valence-corrected chi connectivity index (χ0v) is 16.9. The molecule has 0 spiro atoms. The van der Waals surface area contributed by atoms with Crippen LogP contribution in [0.1, 0.15) is 39.0 Å². The van der Waals surface area contributed by atoms with Gasteiger partial charge in [0.05, 0.1) is 17.1 Å². The number of nitrogens with zero attached hydrogens (tertiary/aromatic N) is 2. The Morgan fingerprint density at radius 2 is 1.53 bits per heavy atom. The number of amides is 2. The molecular formula is C22H22N4O4. The molecule has 3 rings (SSSR count). The lowest BCUT2D eigenvalue weighted by Gasteiger charge is -2.14. The second-order valence-electron chi connectivity index (χ2n) is 6.65. The summed E-state index contributed by atoms with van der Waals surface area (Å²) in [7, 11) is 0. The number of hydrazine groups is 1. The molecule has 1 atom stereocenters. The van der Waals surface area contributed by atoms with Gasteiger partial charge in [0.25, 0.3) is 11.8 Å². The number of rotatable bonds is 5. The van der Waals surface area contributed by atoms with Gasteiger partial charge in [-0.3, -0.25) is 20.4 Å². The SMILES string of the molecule is Cc1nn(-c2ccccc2)c(C)c1C(=O)O[C@@H](C)C(=O)NNC(=O)c1ccccc1. The number of aryl methyl sites for hydroxylation is 1. The van der Waals surface area contributed by atoms with Crippen LogP contribution in [-0.2, 0) is 9.53 Å². The molecular weight excluding hydrogens is 384 g/mol. The minimum absolute atomic E-state index is 0.298. The maximum atomic E-state index is 12.7. The molecule has 154 valence electrons. The average molecular weight is 406 g/mol. The fourth-order valence-electron chi connectivity index (χ4n) is 2.91. The molecule has 8 heteroatoms. The van der Waals surface area contributed by atoms with Crippen LogP contribution < -0.4 is 10.9 Å². The van der Waals surface area contributed by atoms with E-state index in [0.717, 1.165) is 5.69 Å². The summed E-state index contributed by atoms with van der Waals surface area (Å²) in [5, 5.41) is 4.41. The summed E-state index contributed by atoms with van der Waals surface area (Å²) in [6.45, 7) is 4.89. The fraction of sp³-hybridized carbons (Fsp3) is 0.182. The molecule has 3 aromatic rings. The average Bonchev–Trinajstić information content (AvgIpc) is 3.06. The predicted molar refractivity (Wildman–Crippen MR) is 110 cm³/mol. The van der Waals surface area contributed by atoms with E-state index in [2.05, 4.69) is 16.0 Å². The minimum atomic E-state index is -1.12. The molecule has 0 saturated carbocycles. The molecule has 1 heterocycles. The molecule has 0 radical (unpaired) electrons. The van der Waals surface area contributed by atoms with Crippen molar-refractivity contribution in [2.24, 2.45) is 0 Å². The number of para-hydroxylation sites is 1. The van der Waals surface area contributed by atoms with Crippen molar-refractivity contribution in [1.82, 2.24) is 20.6 Å². The number of hydrogen-bond acceptors (Lipinski definition) is 5.